The molecule has 0 atom stereocenters. The van der Waals surface area contributed by atoms with Gasteiger partial charge >= 0.3 is 167 Å². The van der Waals surface area contributed by atoms with E-state index in [9.17, 15) is 0 Å². The third-order valence-electron chi connectivity index (χ3n) is 5.65. The fraction of sp³-hybridized carbons (Fsp3) is 0.0800. The third kappa shape index (κ3) is 2.85. The molecule has 0 bridgehead atoms. The second-order valence-corrected chi connectivity index (χ2v) is 17.0. The van der Waals surface area contributed by atoms with Crippen molar-refractivity contribution in [2.75, 3.05) is 0 Å². The summed E-state index contributed by atoms with van der Waals surface area (Å²) in [6.45, 7) is 0. The van der Waals surface area contributed by atoms with Crippen molar-refractivity contribution in [2.45, 2.75) is 11.5 Å². The Hall–Kier alpha value is -2.85. The maximum absolute atomic E-state index is 5.94. The van der Waals surface area contributed by atoms with Crippen LogP contribution in [0.5, 0.6) is 0 Å². The van der Waals surface area contributed by atoms with Crippen LogP contribution in [-0.2, 0) is 0 Å². The van der Waals surface area contributed by atoms with Crippen LogP contribution in [-0.4, -0.2) is 18.3 Å². The van der Waals surface area contributed by atoms with Crippen LogP contribution in [0.3, 0.4) is 0 Å². The fourth-order valence-corrected chi connectivity index (χ4v) is 8.55. The Morgan fingerprint density at radius 3 is 2.21 bits per heavy atom. The SMILES string of the molecule is [CH3][Ge]([CH3])([c]1ccccc1)[c]1ccc(-c2ccc3oc4ccccc4c3c2)nc1. The molecule has 0 N–H and O–H groups in total. The van der Waals surface area contributed by atoms with E-state index < -0.39 is 13.3 Å². The summed E-state index contributed by atoms with van der Waals surface area (Å²) in [5.74, 6) is 4.85. The van der Waals surface area contributed by atoms with E-state index in [1.165, 1.54) is 8.79 Å². The minimum absolute atomic E-state index is 0.918. The molecule has 3 aromatic carbocycles. The van der Waals surface area contributed by atoms with Gasteiger partial charge in [-0.2, -0.15) is 0 Å². The average molecular weight is 424 g/mol. The summed E-state index contributed by atoms with van der Waals surface area (Å²) in [5, 5.41) is 2.29. The summed E-state index contributed by atoms with van der Waals surface area (Å²) in [5.41, 5.74) is 3.97. The quantitative estimate of drug-likeness (QED) is 0.359. The van der Waals surface area contributed by atoms with E-state index in [1.807, 2.05) is 18.2 Å². The Morgan fingerprint density at radius 2 is 1.43 bits per heavy atom. The van der Waals surface area contributed by atoms with Crippen molar-refractivity contribution < 1.29 is 4.42 Å². The van der Waals surface area contributed by atoms with Gasteiger partial charge in [0.1, 0.15) is 0 Å². The average Bonchev–Trinajstić information content (AvgIpc) is 3.12. The molecule has 0 spiro atoms. The Labute approximate surface area is 167 Å². The molecule has 0 saturated heterocycles. The first-order valence-electron chi connectivity index (χ1n) is 9.57. The molecular formula is C25H21GeNO. The predicted molar refractivity (Wildman–Crippen MR) is 120 cm³/mol. The van der Waals surface area contributed by atoms with Crippen LogP contribution >= 0.6 is 0 Å². The summed E-state index contributed by atoms with van der Waals surface area (Å²) >= 11 is -2.30. The molecule has 136 valence electrons. The van der Waals surface area contributed by atoms with Crippen molar-refractivity contribution in [1.82, 2.24) is 4.98 Å². The van der Waals surface area contributed by atoms with Gasteiger partial charge in [-0.1, -0.05) is 0 Å². The number of aromatic nitrogens is 1. The number of fused-ring (bicyclic) bond motifs is 3. The number of hydrogen-bond acceptors (Lipinski definition) is 2. The van der Waals surface area contributed by atoms with Crippen molar-refractivity contribution in [2.24, 2.45) is 0 Å². The van der Waals surface area contributed by atoms with Gasteiger partial charge in [-0.05, 0) is 0 Å². The van der Waals surface area contributed by atoms with Crippen molar-refractivity contribution in [3.05, 3.63) is 91.1 Å². The summed E-state index contributed by atoms with van der Waals surface area (Å²) in [4.78, 5) is 4.83. The van der Waals surface area contributed by atoms with E-state index in [0.717, 1.165) is 33.2 Å². The van der Waals surface area contributed by atoms with Gasteiger partial charge in [-0.15, -0.1) is 0 Å². The van der Waals surface area contributed by atoms with Gasteiger partial charge in [-0.25, -0.2) is 0 Å². The Balaban J connectivity index is 1.55. The van der Waals surface area contributed by atoms with Crippen LogP contribution in [0.4, 0.5) is 0 Å². The Morgan fingerprint density at radius 1 is 0.679 bits per heavy atom. The Kier molecular flexibility index (Phi) is 4.10. The van der Waals surface area contributed by atoms with Crippen LogP contribution in [0.2, 0.25) is 11.5 Å². The molecule has 5 rings (SSSR count). The molecule has 0 aliphatic rings. The molecule has 0 amide bonds. The summed E-state index contributed by atoms with van der Waals surface area (Å²) < 4.78 is 8.81. The molecule has 0 aliphatic carbocycles. The summed E-state index contributed by atoms with van der Waals surface area (Å²) in [7, 11) is 0. The number of furan rings is 1. The summed E-state index contributed by atoms with van der Waals surface area (Å²) in [6, 6.07) is 29.8. The van der Waals surface area contributed by atoms with Crippen molar-refractivity contribution in [3.63, 3.8) is 0 Å². The van der Waals surface area contributed by atoms with E-state index in [0.29, 0.717) is 0 Å². The number of pyridine rings is 1. The van der Waals surface area contributed by atoms with Crippen LogP contribution < -0.4 is 8.79 Å². The molecule has 0 unspecified atom stereocenters. The number of rotatable bonds is 3. The van der Waals surface area contributed by atoms with Gasteiger partial charge < -0.3 is 0 Å². The normalized spacial score (nSPS) is 11.9. The van der Waals surface area contributed by atoms with Gasteiger partial charge in [0.05, 0.1) is 0 Å². The first-order valence-corrected chi connectivity index (χ1v) is 15.9. The van der Waals surface area contributed by atoms with Gasteiger partial charge in [0.25, 0.3) is 0 Å². The predicted octanol–water partition coefficient (Wildman–Crippen LogP) is 5.47. The molecule has 0 saturated carbocycles. The van der Waals surface area contributed by atoms with E-state index in [1.54, 1.807) is 0 Å². The molecule has 2 heterocycles. The molecule has 0 fully saturated rings. The van der Waals surface area contributed by atoms with E-state index >= 15 is 0 Å². The number of nitrogens with zero attached hydrogens (tertiary/aromatic N) is 1. The Bertz CT molecular complexity index is 1270. The van der Waals surface area contributed by atoms with Gasteiger partial charge in [-0.3, -0.25) is 0 Å². The number of benzene rings is 3. The maximum atomic E-state index is 5.94. The zero-order valence-electron chi connectivity index (χ0n) is 16.0. The second-order valence-electron chi connectivity index (χ2n) is 7.73. The molecule has 2 aromatic heterocycles. The van der Waals surface area contributed by atoms with Gasteiger partial charge in [0.2, 0.25) is 0 Å². The van der Waals surface area contributed by atoms with Crippen molar-refractivity contribution in [3.8, 4) is 11.3 Å². The molecule has 2 nitrogen and oxygen atoms in total. The van der Waals surface area contributed by atoms with Crippen LogP contribution in [0.25, 0.3) is 33.2 Å². The molecule has 0 radical (unpaired) electrons. The number of para-hydroxylation sites is 1. The van der Waals surface area contributed by atoms with Crippen LogP contribution in [0.15, 0.2) is 95.5 Å². The van der Waals surface area contributed by atoms with E-state index in [2.05, 4.69) is 84.4 Å². The van der Waals surface area contributed by atoms with E-state index in [4.69, 9.17) is 9.40 Å². The minimum atomic E-state index is -2.30. The van der Waals surface area contributed by atoms with Crippen molar-refractivity contribution in [1.29, 1.82) is 0 Å². The fourth-order valence-electron chi connectivity index (χ4n) is 3.84. The first kappa shape index (κ1) is 17.3. The van der Waals surface area contributed by atoms with E-state index in [-0.39, 0.29) is 0 Å². The monoisotopic (exact) mass is 425 g/mol. The van der Waals surface area contributed by atoms with Crippen LogP contribution in [0, 0.1) is 0 Å². The summed E-state index contributed by atoms with van der Waals surface area (Å²) in [6.07, 6.45) is 2.08. The second kappa shape index (κ2) is 6.64. The zero-order valence-corrected chi connectivity index (χ0v) is 18.1. The van der Waals surface area contributed by atoms with Gasteiger partial charge in [0.15, 0.2) is 0 Å². The topological polar surface area (TPSA) is 26.0 Å². The molecule has 3 heteroatoms. The van der Waals surface area contributed by atoms with Crippen molar-refractivity contribution >= 4 is 44.0 Å². The zero-order chi connectivity index (χ0) is 19.1. The molecular weight excluding hydrogens is 403 g/mol. The number of hydrogen-bond donors (Lipinski definition) is 0. The van der Waals surface area contributed by atoms with Crippen LogP contribution in [0.1, 0.15) is 0 Å². The first-order chi connectivity index (χ1) is 13.6. The molecule has 0 aliphatic heterocycles. The third-order valence-corrected chi connectivity index (χ3v) is 13.0. The van der Waals surface area contributed by atoms with Gasteiger partial charge in [0, 0.05) is 0 Å². The standard InChI is InChI=1S/C25H21GeNO/c1-26(2,19-8-4-3-5-9-19)20-13-14-23(27-17-20)18-12-15-25-22(16-18)21-10-6-7-11-24(21)28-25/h3-17H,1-2H3. The molecule has 5 aromatic rings. The molecule has 28 heavy (non-hydrogen) atoms.